The first-order valence-electron chi connectivity index (χ1n) is 5.95. The van der Waals surface area contributed by atoms with Crippen LogP contribution in [0.3, 0.4) is 0 Å². The second-order valence-electron chi connectivity index (χ2n) is 3.93. The molecule has 0 aromatic carbocycles. The molecule has 0 atom stereocenters. The summed E-state index contributed by atoms with van der Waals surface area (Å²) in [5, 5.41) is 2.74. The molecule has 1 aromatic heterocycles. The molecule has 0 spiro atoms. The third-order valence-corrected chi connectivity index (χ3v) is 2.22. The van der Waals surface area contributed by atoms with Crippen LogP contribution < -0.4 is 10.2 Å². The monoisotopic (exact) mass is 280 g/mol. The smallest absolute Gasteiger partial charge is 0.354 e. The van der Waals surface area contributed by atoms with E-state index >= 15 is 0 Å². The maximum atomic E-state index is 13.6. The highest BCUT2D eigenvalue weighted by Crippen LogP contribution is 2.23. The molecule has 0 radical (unpaired) electrons. The summed E-state index contributed by atoms with van der Waals surface area (Å²) in [7, 11) is 0. The Hall–Kier alpha value is -1.60. The Morgan fingerprint density at radius 3 is 2.53 bits per heavy atom. The standard InChI is InChI=1S/C11H16F4N4/c1-3-5-19(7-11(13,14)15)9-8(12)6-17-10(18-9)16-4-2/h6H,3-5,7H2,1-2H3,(H,16,17,18). The molecule has 0 unspecified atom stereocenters. The molecule has 1 N–H and O–H groups in total. The Bertz CT molecular complexity index is 408. The maximum absolute atomic E-state index is 13.6. The molecule has 1 rings (SSSR count). The van der Waals surface area contributed by atoms with E-state index in [0.717, 1.165) is 11.1 Å². The van der Waals surface area contributed by atoms with E-state index in [0.29, 0.717) is 13.0 Å². The summed E-state index contributed by atoms with van der Waals surface area (Å²) in [4.78, 5) is 8.33. The average Bonchev–Trinajstić information content (AvgIpc) is 2.30. The maximum Gasteiger partial charge on any atom is 0.405 e. The highest BCUT2D eigenvalue weighted by molar-refractivity contribution is 5.44. The van der Waals surface area contributed by atoms with Gasteiger partial charge in [0.2, 0.25) is 5.95 Å². The first-order chi connectivity index (χ1) is 8.87. The molecule has 0 saturated heterocycles. The van der Waals surface area contributed by atoms with E-state index in [9.17, 15) is 17.6 Å². The summed E-state index contributed by atoms with van der Waals surface area (Å²) in [6.45, 7) is 2.83. The van der Waals surface area contributed by atoms with Gasteiger partial charge in [-0.05, 0) is 13.3 Å². The zero-order valence-corrected chi connectivity index (χ0v) is 10.8. The van der Waals surface area contributed by atoms with Crippen molar-refractivity contribution in [2.24, 2.45) is 0 Å². The second kappa shape index (κ2) is 6.53. The van der Waals surface area contributed by atoms with E-state index < -0.39 is 18.5 Å². The summed E-state index contributed by atoms with van der Waals surface area (Å²) in [5.41, 5.74) is 0. The molecule has 0 aliphatic heterocycles. The lowest BCUT2D eigenvalue weighted by molar-refractivity contribution is -0.119. The lowest BCUT2D eigenvalue weighted by Gasteiger charge is -2.24. The zero-order valence-electron chi connectivity index (χ0n) is 10.8. The van der Waals surface area contributed by atoms with Crippen molar-refractivity contribution in [3.05, 3.63) is 12.0 Å². The molecule has 19 heavy (non-hydrogen) atoms. The number of nitrogens with one attached hydrogen (secondary N) is 1. The third-order valence-electron chi connectivity index (χ3n) is 2.22. The molecule has 0 aliphatic carbocycles. The predicted octanol–water partition coefficient (Wildman–Crippen LogP) is 2.83. The van der Waals surface area contributed by atoms with E-state index in [1.165, 1.54) is 0 Å². The fraction of sp³-hybridized carbons (Fsp3) is 0.636. The van der Waals surface area contributed by atoms with E-state index in [-0.39, 0.29) is 18.3 Å². The van der Waals surface area contributed by atoms with Crippen molar-refractivity contribution in [1.82, 2.24) is 9.97 Å². The topological polar surface area (TPSA) is 41.1 Å². The molecule has 8 heteroatoms. The normalized spacial score (nSPS) is 11.5. The number of nitrogens with zero attached hydrogens (tertiary/aromatic N) is 3. The van der Waals surface area contributed by atoms with Crippen molar-refractivity contribution in [1.29, 1.82) is 0 Å². The Labute approximate surface area is 108 Å². The molecular formula is C11H16F4N4. The SMILES string of the molecule is CCCN(CC(F)(F)F)c1nc(NCC)ncc1F. The van der Waals surface area contributed by atoms with Gasteiger partial charge in [-0.1, -0.05) is 6.92 Å². The fourth-order valence-electron chi connectivity index (χ4n) is 1.57. The first kappa shape index (κ1) is 15.5. The summed E-state index contributed by atoms with van der Waals surface area (Å²) in [5.74, 6) is -1.08. The predicted molar refractivity (Wildman–Crippen MR) is 64.7 cm³/mol. The molecule has 4 nitrogen and oxygen atoms in total. The van der Waals surface area contributed by atoms with Gasteiger partial charge in [-0.2, -0.15) is 18.2 Å². The molecule has 0 saturated carbocycles. The van der Waals surface area contributed by atoms with Gasteiger partial charge >= 0.3 is 6.18 Å². The number of halogens is 4. The molecule has 0 aliphatic rings. The van der Waals surface area contributed by atoms with Crippen molar-refractivity contribution in [2.45, 2.75) is 26.4 Å². The zero-order chi connectivity index (χ0) is 14.5. The van der Waals surface area contributed by atoms with Gasteiger partial charge in [-0.15, -0.1) is 0 Å². The number of alkyl halides is 3. The van der Waals surface area contributed by atoms with Crippen LogP contribution in [-0.4, -0.2) is 35.8 Å². The third kappa shape index (κ3) is 4.88. The fourth-order valence-corrected chi connectivity index (χ4v) is 1.57. The highest BCUT2D eigenvalue weighted by atomic mass is 19.4. The van der Waals surface area contributed by atoms with Crippen LogP contribution in [0.25, 0.3) is 0 Å². The minimum atomic E-state index is -4.41. The molecule has 1 heterocycles. The van der Waals surface area contributed by atoms with E-state index in [2.05, 4.69) is 15.3 Å². The Morgan fingerprint density at radius 2 is 2.00 bits per heavy atom. The van der Waals surface area contributed by atoms with E-state index in [4.69, 9.17) is 0 Å². The van der Waals surface area contributed by atoms with Gasteiger partial charge < -0.3 is 10.2 Å². The van der Waals surface area contributed by atoms with Gasteiger partial charge in [0.15, 0.2) is 11.6 Å². The molecular weight excluding hydrogens is 264 g/mol. The molecule has 0 fully saturated rings. The number of hydrogen-bond donors (Lipinski definition) is 1. The number of aromatic nitrogens is 2. The molecule has 108 valence electrons. The van der Waals surface area contributed by atoms with E-state index in [1.807, 2.05) is 0 Å². The average molecular weight is 280 g/mol. The van der Waals surface area contributed by atoms with Crippen LogP contribution in [0.2, 0.25) is 0 Å². The van der Waals surface area contributed by atoms with Crippen molar-refractivity contribution in [3.8, 4) is 0 Å². The van der Waals surface area contributed by atoms with Gasteiger partial charge in [-0.3, -0.25) is 0 Å². The second-order valence-corrected chi connectivity index (χ2v) is 3.93. The quantitative estimate of drug-likeness (QED) is 0.814. The molecule has 0 bridgehead atoms. The van der Waals surface area contributed by atoms with Crippen LogP contribution in [0.15, 0.2) is 6.20 Å². The molecule has 0 amide bonds. The van der Waals surface area contributed by atoms with Gasteiger partial charge in [0.05, 0.1) is 6.20 Å². The van der Waals surface area contributed by atoms with Gasteiger partial charge in [0, 0.05) is 13.1 Å². The van der Waals surface area contributed by atoms with Gasteiger partial charge in [0.1, 0.15) is 6.54 Å². The van der Waals surface area contributed by atoms with Crippen molar-refractivity contribution >= 4 is 11.8 Å². The van der Waals surface area contributed by atoms with Crippen LogP contribution in [0.1, 0.15) is 20.3 Å². The van der Waals surface area contributed by atoms with Crippen molar-refractivity contribution in [3.63, 3.8) is 0 Å². The lowest BCUT2D eigenvalue weighted by atomic mass is 10.3. The number of anilines is 2. The van der Waals surface area contributed by atoms with Crippen LogP contribution >= 0.6 is 0 Å². The van der Waals surface area contributed by atoms with Crippen LogP contribution in [0.4, 0.5) is 29.3 Å². The lowest BCUT2D eigenvalue weighted by Crippen LogP contribution is -2.36. The minimum Gasteiger partial charge on any atom is -0.354 e. The Balaban J connectivity index is 3.03. The van der Waals surface area contributed by atoms with Crippen molar-refractivity contribution < 1.29 is 17.6 Å². The van der Waals surface area contributed by atoms with Crippen LogP contribution in [-0.2, 0) is 0 Å². The minimum absolute atomic E-state index is 0.0685. The largest absolute Gasteiger partial charge is 0.405 e. The summed E-state index contributed by atoms with van der Waals surface area (Å²) in [6, 6.07) is 0. The van der Waals surface area contributed by atoms with Gasteiger partial charge in [0.25, 0.3) is 0 Å². The number of hydrogen-bond acceptors (Lipinski definition) is 4. The first-order valence-corrected chi connectivity index (χ1v) is 5.95. The molecule has 1 aromatic rings. The summed E-state index contributed by atoms with van der Waals surface area (Å²) in [6.07, 6.45) is -3.08. The highest BCUT2D eigenvalue weighted by Gasteiger charge is 2.32. The number of rotatable bonds is 6. The summed E-state index contributed by atoms with van der Waals surface area (Å²) < 4.78 is 51.0. The van der Waals surface area contributed by atoms with Crippen LogP contribution in [0.5, 0.6) is 0 Å². The summed E-state index contributed by atoms with van der Waals surface area (Å²) >= 11 is 0. The van der Waals surface area contributed by atoms with Crippen LogP contribution in [0, 0.1) is 5.82 Å². The van der Waals surface area contributed by atoms with Crippen molar-refractivity contribution in [2.75, 3.05) is 29.9 Å². The van der Waals surface area contributed by atoms with Gasteiger partial charge in [-0.25, -0.2) is 9.37 Å². The van der Waals surface area contributed by atoms with E-state index in [1.54, 1.807) is 13.8 Å². The Kier molecular flexibility index (Phi) is 5.31. The Morgan fingerprint density at radius 1 is 1.32 bits per heavy atom.